The van der Waals surface area contributed by atoms with Crippen LogP contribution in [0, 0.1) is 13.8 Å². The van der Waals surface area contributed by atoms with Crippen molar-refractivity contribution in [3.8, 4) is 0 Å². The van der Waals surface area contributed by atoms with Crippen molar-refractivity contribution < 1.29 is 13.2 Å². The summed E-state index contributed by atoms with van der Waals surface area (Å²) >= 11 is 6.15. The molecule has 0 saturated heterocycles. The molecule has 0 aromatic heterocycles. The van der Waals surface area contributed by atoms with Gasteiger partial charge in [-0.2, -0.15) is 0 Å². The van der Waals surface area contributed by atoms with Crippen LogP contribution >= 0.6 is 11.6 Å². The van der Waals surface area contributed by atoms with Crippen LogP contribution in [0.15, 0.2) is 71.6 Å². The van der Waals surface area contributed by atoms with E-state index in [0.717, 1.165) is 16.7 Å². The van der Waals surface area contributed by atoms with E-state index in [1.807, 2.05) is 51.1 Å². The van der Waals surface area contributed by atoms with Crippen LogP contribution in [-0.2, 0) is 10.0 Å². The summed E-state index contributed by atoms with van der Waals surface area (Å²) in [6, 6.07) is 18.8. The minimum atomic E-state index is -3.96. The third kappa shape index (κ3) is 5.20. The van der Waals surface area contributed by atoms with Crippen molar-refractivity contribution in [2.45, 2.75) is 31.7 Å². The molecule has 3 rings (SSSR count). The Bertz CT molecular complexity index is 1180. The summed E-state index contributed by atoms with van der Waals surface area (Å²) in [5.74, 6) is -0.383. The van der Waals surface area contributed by atoms with Crippen molar-refractivity contribution in [1.82, 2.24) is 5.32 Å². The average Bonchev–Trinajstić information content (AvgIpc) is 2.68. The Labute approximate surface area is 182 Å². The smallest absolute Gasteiger partial charge is 0.263 e. The first-order valence-corrected chi connectivity index (χ1v) is 11.3. The number of rotatable bonds is 6. The van der Waals surface area contributed by atoms with Crippen molar-refractivity contribution >= 4 is 33.2 Å². The van der Waals surface area contributed by atoms with Crippen LogP contribution < -0.4 is 10.0 Å². The van der Waals surface area contributed by atoms with Gasteiger partial charge in [0.15, 0.2) is 0 Å². The summed E-state index contributed by atoms with van der Waals surface area (Å²) in [5.41, 5.74) is 3.64. The molecule has 0 heterocycles. The number of amides is 1. The zero-order valence-corrected chi connectivity index (χ0v) is 18.5. The molecule has 0 unspecified atom stereocenters. The van der Waals surface area contributed by atoms with Crippen LogP contribution in [0.4, 0.5) is 5.69 Å². The topological polar surface area (TPSA) is 75.3 Å². The normalized spacial score (nSPS) is 12.3. The largest absolute Gasteiger partial charge is 0.346 e. The highest BCUT2D eigenvalue weighted by molar-refractivity contribution is 7.92. The second-order valence-corrected chi connectivity index (χ2v) is 9.28. The third-order valence-electron chi connectivity index (χ3n) is 4.68. The molecule has 7 heteroatoms. The van der Waals surface area contributed by atoms with E-state index in [4.69, 9.17) is 11.6 Å². The lowest BCUT2D eigenvalue weighted by molar-refractivity contribution is 0.0939. The minimum absolute atomic E-state index is 0.0401. The highest BCUT2D eigenvalue weighted by atomic mass is 35.5. The highest BCUT2D eigenvalue weighted by Crippen LogP contribution is 2.26. The predicted octanol–water partition coefficient (Wildman–Crippen LogP) is 5.25. The van der Waals surface area contributed by atoms with Crippen molar-refractivity contribution in [2.24, 2.45) is 0 Å². The van der Waals surface area contributed by atoms with Crippen LogP contribution in [0.2, 0.25) is 5.02 Å². The van der Waals surface area contributed by atoms with Gasteiger partial charge in [0.05, 0.1) is 11.1 Å². The number of carbonyl (C=O) groups excluding carboxylic acids is 1. The van der Waals surface area contributed by atoms with E-state index in [1.54, 1.807) is 18.2 Å². The number of benzene rings is 3. The van der Waals surface area contributed by atoms with Gasteiger partial charge in [0.1, 0.15) is 4.90 Å². The number of hydrogen-bond acceptors (Lipinski definition) is 3. The molecule has 0 spiro atoms. The van der Waals surface area contributed by atoms with Gasteiger partial charge >= 0.3 is 0 Å². The predicted molar refractivity (Wildman–Crippen MR) is 120 cm³/mol. The molecule has 3 aromatic rings. The van der Waals surface area contributed by atoms with Crippen LogP contribution in [0.25, 0.3) is 0 Å². The Balaban J connectivity index is 1.83. The fourth-order valence-corrected chi connectivity index (χ4v) is 4.56. The molecule has 2 N–H and O–H groups in total. The molecular formula is C23H23ClN2O3S. The van der Waals surface area contributed by atoms with Crippen LogP contribution in [0.3, 0.4) is 0 Å². The molecule has 0 fully saturated rings. The van der Waals surface area contributed by atoms with Crippen molar-refractivity contribution in [3.05, 3.63) is 94.0 Å². The molecule has 0 saturated carbocycles. The maximum atomic E-state index is 12.9. The van der Waals surface area contributed by atoms with Crippen molar-refractivity contribution in [1.29, 1.82) is 0 Å². The maximum absolute atomic E-state index is 12.9. The molecule has 30 heavy (non-hydrogen) atoms. The molecule has 0 radical (unpaired) electrons. The second-order valence-electron chi connectivity index (χ2n) is 7.23. The Morgan fingerprint density at radius 1 is 0.933 bits per heavy atom. The van der Waals surface area contributed by atoms with Crippen LogP contribution in [0.1, 0.15) is 40.0 Å². The quantitative estimate of drug-likeness (QED) is 0.547. The zero-order valence-electron chi connectivity index (χ0n) is 16.9. The summed E-state index contributed by atoms with van der Waals surface area (Å²) in [6.45, 7) is 5.73. The van der Waals surface area contributed by atoms with Crippen LogP contribution in [0.5, 0.6) is 0 Å². The van der Waals surface area contributed by atoms with Gasteiger partial charge in [0.2, 0.25) is 0 Å². The maximum Gasteiger partial charge on any atom is 0.263 e. The van der Waals surface area contributed by atoms with Crippen molar-refractivity contribution in [3.63, 3.8) is 0 Å². The Hall–Kier alpha value is -2.83. The molecule has 0 bridgehead atoms. The zero-order chi connectivity index (χ0) is 21.9. The van der Waals surface area contributed by atoms with E-state index < -0.39 is 10.0 Å². The lowest BCUT2D eigenvalue weighted by Crippen LogP contribution is -2.27. The summed E-state index contributed by atoms with van der Waals surface area (Å²) in [7, 11) is -3.96. The number of hydrogen-bond donors (Lipinski definition) is 2. The number of aryl methyl sites for hydroxylation is 2. The first-order chi connectivity index (χ1) is 14.2. The summed E-state index contributed by atoms with van der Waals surface area (Å²) in [5, 5.41) is 2.93. The van der Waals surface area contributed by atoms with E-state index in [2.05, 4.69) is 10.0 Å². The number of halogens is 1. The van der Waals surface area contributed by atoms with E-state index in [9.17, 15) is 13.2 Å². The molecule has 0 aliphatic carbocycles. The van der Waals surface area contributed by atoms with Gasteiger partial charge in [-0.3, -0.25) is 9.52 Å². The Morgan fingerprint density at radius 2 is 1.63 bits per heavy atom. The first kappa shape index (κ1) is 21.9. The van der Waals surface area contributed by atoms with Gasteiger partial charge in [0.25, 0.3) is 15.9 Å². The number of anilines is 1. The van der Waals surface area contributed by atoms with E-state index in [1.165, 1.54) is 18.2 Å². The molecule has 0 aliphatic rings. The molecule has 5 nitrogen and oxygen atoms in total. The van der Waals surface area contributed by atoms with Gasteiger partial charge in [-0.15, -0.1) is 0 Å². The Kier molecular flexibility index (Phi) is 6.48. The van der Waals surface area contributed by atoms with Crippen LogP contribution in [-0.4, -0.2) is 14.3 Å². The summed E-state index contributed by atoms with van der Waals surface area (Å²) in [6.07, 6.45) is 0. The molecule has 156 valence electrons. The monoisotopic (exact) mass is 442 g/mol. The Morgan fingerprint density at radius 3 is 2.30 bits per heavy atom. The fourth-order valence-electron chi connectivity index (χ4n) is 2.99. The van der Waals surface area contributed by atoms with Gasteiger partial charge in [0, 0.05) is 11.3 Å². The van der Waals surface area contributed by atoms with E-state index in [-0.39, 0.29) is 27.4 Å². The second kappa shape index (κ2) is 8.90. The van der Waals surface area contributed by atoms with E-state index >= 15 is 0 Å². The lowest BCUT2D eigenvalue weighted by atomic mass is 10.1. The van der Waals surface area contributed by atoms with Gasteiger partial charge in [-0.05, 0) is 62.2 Å². The van der Waals surface area contributed by atoms with Crippen molar-refractivity contribution in [2.75, 3.05) is 4.72 Å². The number of nitrogens with one attached hydrogen (secondary N) is 2. The minimum Gasteiger partial charge on any atom is -0.346 e. The average molecular weight is 443 g/mol. The fraction of sp³-hybridized carbons (Fsp3) is 0.174. The summed E-state index contributed by atoms with van der Waals surface area (Å²) in [4.78, 5) is 12.6. The molecule has 3 aromatic carbocycles. The standard InChI is InChI=1S/C23H23ClN2O3S/c1-15-7-9-18(10-8-15)17(3)25-23(27)19-11-12-21(24)22(14-19)30(28,29)26-20-6-4-5-16(2)13-20/h4-14,17,26H,1-3H3,(H,25,27)/t17-/m1/s1. The summed E-state index contributed by atoms with van der Waals surface area (Å²) < 4.78 is 28.2. The third-order valence-corrected chi connectivity index (χ3v) is 6.54. The van der Waals surface area contributed by atoms with E-state index in [0.29, 0.717) is 5.69 Å². The first-order valence-electron chi connectivity index (χ1n) is 9.42. The van der Waals surface area contributed by atoms with Gasteiger partial charge < -0.3 is 5.32 Å². The molecule has 1 amide bonds. The lowest BCUT2D eigenvalue weighted by Gasteiger charge is -2.16. The molecule has 0 aliphatic heterocycles. The molecular weight excluding hydrogens is 420 g/mol. The number of sulfonamides is 1. The SMILES string of the molecule is Cc1ccc([C@@H](C)NC(=O)c2ccc(Cl)c(S(=O)(=O)Nc3cccc(C)c3)c2)cc1. The van der Waals surface area contributed by atoms with Gasteiger partial charge in [-0.25, -0.2) is 8.42 Å². The van der Waals surface area contributed by atoms with Gasteiger partial charge in [-0.1, -0.05) is 53.6 Å². The number of carbonyl (C=O) groups is 1. The molecule has 1 atom stereocenters. The highest BCUT2D eigenvalue weighted by Gasteiger charge is 2.21.